The summed E-state index contributed by atoms with van der Waals surface area (Å²) in [6.07, 6.45) is 13.1. The predicted molar refractivity (Wildman–Crippen MR) is 133 cm³/mol. The van der Waals surface area contributed by atoms with E-state index >= 15 is 0 Å². The van der Waals surface area contributed by atoms with Gasteiger partial charge >= 0.3 is 0 Å². The highest BCUT2D eigenvalue weighted by atomic mass is 16.1. The maximum atomic E-state index is 12.1. The van der Waals surface area contributed by atoms with Crippen LogP contribution in [-0.4, -0.2) is 11.9 Å². The number of hydrogen-bond acceptors (Lipinski definition) is 1. The number of carbonyl (C=O) groups excluding carboxylic acids is 1. The molecule has 0 bridgehead atoms. The van der Waals surface area contributed by atoms with Gasteiger partial charge < -0.3 is 5.32 Å². The highest BCUT2D eigenvalue weighted by Gasteiger charge is 2.62. The Kier molecular flexibility index (Phi) is 7.90. The van der Waals surface area contributed by atoms with Crippen molar-refractivity contribution < 1.29 is 4.79 Å². The smallest absolute Gasteiger partial charge is 0.220 e. The lowest BCUT2D eigenvalue weighted by Crippen LogP contribution is -2.63. The summed E-state index contributed by atoms with van der Waals surface area (Å²) in [5, 5.41) is 3.41. The topological polar surface area (TPSA) is 29.1 Å². The predicted octanol–water partition coefficient (Wildman–Crippen LogP) is 7.86. The number of carbonyl (C=O) groups is 1. The second-order valence-corrected chi connectivity index (χ2v) is 12.7. The second-order valence-electron chi connectivity index (χ2n) is 12.7. The van der Waals surface area contributed by atoms with Crippen molar-refractivity contribution in [3.8, 4) is 0 Å². The van der Waals surface area contributed by atoms with Gasteiger partial charge in [0.15, 0.2) is 0 Å². The number of rotatable bonds is 5. The molecule has 1 amide bonds. The van der Waals surface area contributed by atoms with Crippen LogP contribution in [0, 0.1) is 52.3 Å². The summed E-state index contributed by atoms with van der Waals surface area (Å²) in [5.74, 6) is 6.36. The summed E-state index contributed by atoms with van der Waals surface area (Å²) in [6, 6.07) is 0.427. The molecule has 1 heterocycles. The Bertz CT molecular complexity index is 614. The maximum absolute atomic E-state index is 12.1. The molecule has 3 aliphatic carbocycles. The Hall–Kier alpha value is -0.530. The number of hydrogen-bond donors (Lipinski definition) is 1. The Morgan fingerprint density at radius 3 is 2.32 bits per heavy atom. The monoisotopic (exact) mass is 431 g/mol. The first kappa shape index (κ1) is 25.1. The molecule has 3 saturated carbocycles. The van der Waals surface area contributed by atoms with Crippen molar-refractivity contribution >= 4 is 5.91 Å². The quantitative estimate of drug-likeness (QED) is 0.471. The van der Waals surface area contributed by atoms with E-state index in [1.54, 1.807) is 0 Å². The van der Waals surface area contributed by atoms with E-state index < -0.39 is 0 Å². The third-order valence-electron chi connectivity index (χ3n) is 10.7. The Morgan fingerprint density at radius 2 is 1.65 bits per heavy atom. The first-order valence-corrected chi connectivity index (χ1v) is 14.0. The minimum atomic E-state index is 0.301. The van der Waals surface area contributed by atoms with Gasteiger partial charge in [-0.15, -0.1) is 0 Å². The molecule has 4 fully saturated rings. The SMILES string of the molecule is CC.CC(C)CCCC(C)C1CCC2C3C(CC[C@]12C)[C@@]1(C)CCC(=O)NC1C[C@@H]3C. The van der Waals surface area contributed by atoms with Crippen LogP contribution in [0.5, 0.6) is 0 Å². The fraction of sp³-hybridized carbons (Fsp3) is 0.966. The molecule has 1 saturated heterocycles. The highest BCUT2D eigenvalue weighted by Crippen LogP contribution is 2.67. The summed E-state index contributed by atoms with van der Waals surface area (Å²) < 4.78 is 0. The van der Waals surface area contributed by atoms with Crippen molar-refractivity contribution in [2.45, 2.75) is 126 Å². The molecule has 180 valence electrons. The Balaban J connectivity index is 0.00000132. The van der Waals surface area contributed by atoms with Crippen LogP contribution in [-0.2, 0) is 4.79 Å². The molecule has 0 aromatic carbocycles. The van der Waals surface area contributed by atoms with E-state index in [-0.39, 0.29) is 0 Å². The molecule has 0 aromatic heterocycles. The van der Waals surface area contributed by atoms with Crippen LogP contribution in [0.2, 0.25) is 0 Å². The van der Waals surface area contributed by atoms with Gasteiger partial charge in [-0.25, -0.2) is 0 Å². The molecular formula is C29H53NO. The maximum Gasteiger partial charge on any atom is 0.220 e. The summed E-state index contributed by atoms with van der Waals surface area (Å²) in [5.41, 5.74) is 0.904. The molecule has 4 rings (SSSR count). The van der Waals surface area contributed by atoms with Gasteiger partial charge in [0, 0.05) is 12.5 Å². The van der Waals surface area contributed by atoms with Crippen LogP contribution in [0.15, 0.2) is 0 Å². The molecule has 6 unspecified atom stereocenters. The molecule has 9 atom stereocenters. The lowest BCUT2D eigenvalue weighted by Gasteiger charge is -2.62. The number of amides is 1. The van der Waals surface area contributed by atoms with Crippen LogP contribution in [0.1, 0.15) is 120 Å². The fourth-order valence-electron chi connectivity index (χ4n) is 9.07. The minimum absolute atomic E-state index is 0.301. The molecule has 31 heavy (non-hydrogen) atoms. The standard InChI is InChI=1S/C27H47NO.C2H6/c1-17(2)8-7-9-18(3)20-10-11-21-25-19(4)16-23-27(6,15-13-24(29)28-23)22(25)12-14-26(20,21)5;1-2/h17-23,25H,7-16H2,1-6H3,(H,28,29);1-2H3/t18?,19-,20?,21?,22?,23?,25?,26+,27+;/m0./s1. The van der Waals surface area contributed by atoms with Crippen molar-refractivity contribution in [3.05, 3.63) is 0 Å². The van der Waals surface area contributed by atoms with E-state index in [2.05, 4.69) is 46.9 Å². The first-order chi connectivity index (χ1) is 14.7. The Morgan fingerprint density at radius 1 is 0.968 bits per heavy atom. The average molecular weight is 432 g/mol. The van der Waals surface area contributed by atoms with E-state index in [9.17, 15) is 4.79 Å². The third-order valence-corrected chi connectivity index (χ3v) is 10.7. The number of piperidine rings is 1. The molecule has 4 aliphatic rings. The zero-order valence-corrected chi connectivity index (χ0v) is 22.1. The van der Waals surface area contributed by atoms with Crippen molar-refractivity contribution in [3.63, 3.8) is 0 Å². The lowest BCUT2D eigenvalue weighted by atomic mass is 9.44. The van der Waals surface area contributed by atoms with Gasteiger partial charge in [-0.05, 0) is 90.8 Å². The Labute approximate surface area is 194 Å². The van der Waals surface area contributed by atoms with Gasteiger partial charge in [-0.3, -0.25) is 4.79 Å². The van der Waals surface area contributed by atoms with Crippen molar-refractivity contribution in [1.29, 1.82) is 0 Å². The van der Waals surface area contributed by atoms with Crippen LogP contribution < -0.4 is 5.32 Å². The second kappa shape index (κ2) is 9.76. The number of fused-ring (bicyclic) bond motifs is 5. The largest absolute Gasteiger partial charge is 0.353 e. The van der Waals surface area contributed by atoms with Crippen LogP contribution >= 0.6 is 0 Å². The molecule has 2 nitrogen and oxygen atoms in total. The van der Waals surface area contributed by atoms with E-state index in [1.165, 1.54) is 51.4 Å². The molecule has 0 radical (unpaired) electrons. The van der Waals surface area contributed by atoms with E-state index in [0.29, 0.717) is 22.8 Å². The van der Waals surface area contributed by atoms with Crippen molar-refractivity contribution in [1.82, 2.24) is 5.32 Å². The summed E-state index contributed by atoms with van der Waals surface area (Å²) in [4.78, 5) is 12.1. The highest BCUT2D eigenvalue weighted by molar-refractivity contribution is 5.77. The van der Waals surface area contributed by atoms with Crippen LogP contribution in [0.25, 0.3) is 0 Å². The molecule has 1 aliphatic heterocycles. The molecule has 2 heteroatoms. The molecule has 1 N–H and O–H groups in total. The fourth-order valence-corrected chi connectivity index (χ4v) is 9.07. The van der Waals surface area contributed by atoms with Gasteiger partial charge in [-0.1, -0.05) is 74.7 Å². The van der Waals surface area contributed by atoms with E-state index in [1.807, 2.05) is 13.8 Å². The number of nitrogens with one attached hydrogen (secondary N) is 1. The van der Waals surface area contributed by atoms with E-state index in [4.69, 9.17) is 0 Å². The first-order valence-electron chi connectivity index (χ1n) is 14.0. The van der Waals surface area contributed by atoms with E-state index in [0.717, 1.165) is 54.3 Å². The normalized spacial score (nSPS) is 45.0. The van der Waals surface area contributed by atoms with Crippen molar-refractivity contribution in [2.75, 3.05) is 0 Å². The average Bonchev–Trinajstić information content (AvgIpc) is 3.08. The van der Waals surface area contributed by atoms with Gasteiger partial charge in [0.25, 0.3) is 0 Å². The molecule has 0 spiro atoms. The third kappa shape index (κ3) is 4.48. The summed E-state index contributed by atoms with van der Waals surface area (Å²) >= 11 is 0. The van der Waals surface area contributed by atoms with Gasteiger partial charge in [0.2, 0.25) is 5.91 Å². The zero-order chi connectivity index (χ0) is 23.0. The molecular weight excluding hydrogens is 378 g/mol. The molecule has 0 aromatic rings. The van der Waals surface area contributed by atoms with Crippen molar-refractivity contribution in [2.24, 2.45) is 52.3 Å². The minimum Gasteiger partial charge on any atom is -0.353 e. The summed E-state index contributed by atoms with van der Waals surface area (Å²) in [7, 11) is 0. The van der Waals surface area contributed by atoms with Gasteiger partial charge in [0.05, 0.1) is 0 Å². The van der Waals surface area contributed by atoms with Gasteiger partial charge in [0.1, 0.15) is 0 Å². The lowest BCUT2D eigenvalue weighted by molar-refractivity contribution is -0.144. The zero-order valence-electron chi connectivity index (χ0n) is 22.1. The van der Waals surface area contributed by atoms with Crippen LogP contribution in [0.3, 0.4) is 0 Å². The van der Waals surface area contributed by atoms with Crippen LogP contribution in [0.4, 0.5) is 0 Å². The van der Waals surface area contributed by atoms with Gasteiger partial charge in [-0.2, -0.15) is 0 Å². The summed E-state index contributed by atoms with van der Waals surface area (Å²) in [6.45, 7) is 19.0.